The van der Waals surface area contributed by atoms with E-state index < -0.39 is 23.8 Å². The summed E-state index contributed by atoms with van der Waals surface area (Å²) in [5, 5.41) is 5.54. The van der Waals surface area contributed by atoms with Crippen LogP contribution in [0.1, 0.15) is 67.3 Å². The average Bonchev–Trinajstić information content (AvgIpc) is 3.45. The van der Waals surface area contributed by atoms with Crippen LogP contribution in [0.15, 0.2) is 18.2 Å². The molecule has 9 nitrogen and oxygen atoms in total. The number of piperidine rings is 1. The van der Waals surface area contributed by atoms with Crippen LogP contribution in [0.2, 0.25) is 0 Å². The van der Waals surface area contributed by atoms with E-state index in [1.807, 2.05) is 13.0 Å². The molecule has 1 aromatic rings. The number of amides is 4. The van der Waals surface area contributed by atoms with Crippen LogP contribution in [0.5, 0.6) is 0 Å². The molecule has 3 fully saturated rings. The van der Waals surface area contributed by atoms with Crippen LogP contribution in [0.25, 0.3) is 0 Å². The third-order valence-corrected chi connectivity index (χ3v) is 7.74. The van der Waals surface area contributed by atoms with Crippen molar-refractivity contribution >= 4 is 29.8 Å². The van der Waals surface area contributed by atoms with E-state index in [-0.39, 0.29) is 12.8 Å². The maximum Gasteiger partial charge on any atom is 0.261 e. The van der Waals surface area contributed by atoms with Crippen LogP contribution in [0.4, 0.5) is 5.69 Å². The van der Waals surface area contributed by atoms with Crippen molar-refractivity contribution in [2.75, 3.05) is 38.2 Å². The first kappa shape index (κ1) is 26.3. The van der Waals surface area contributed by atoms with Gasteiger partial charge >= 0.3 is 0 Å². The molecule has 0 spiro atoms. The molecule has 3 aliphatic rings. The maximum atomic E-state index is 13.1. The molecule has 2 N–H and O–H groups in total. The van der Waals surface area contributed by atoms with E-state index in [2.05, 4.69) is 15.5 Å². The van der Waals surface area contributed by atoms with E-state index in [9.17, 15) is 19.2 Å². The number of ether oxygens (including phenoxy) is 1. The monoisotopic (exact) mass is 498 g/mol. The average molecular weight is 499 g/mol. The number of rotatable bonds is 12. The molecule has 3 aliphatic heterocycles. The summed E-state index contributed by atoms with van der Waals surface area (Å²) in [5.74, 6) is -0.729. The maximum absolute atomic E-state index is 13.1. The van der Waals surface area contributed by atoms with Gasteiger partial charge in [0.15, 0.2) is 0 Å². The normalized spacial score (nSPS) is 23.9. The summed E-state index contributed by atoms with van der Waals surface area (Å²) in [4.78, 5) is 51.9. The Morgan fingerprint density at radius 1 is 1.25 bits per heavy atom. The summed E-state index contributed by atoms with van der Waals surface area (Å²) in [7, 11) is 0. The Bertz CT molecular complexity index is 955. The van der Waals surface area contributed by atoms with E-state index in [4.69, 9.17) is 4.74 Å². The molecule has 0 radical (unpaired) electrons. The summed E-state index contributed by atoms with van der Waals surface area (Å²) >= 11 is 0. The number of imide groups is 2. The molecule has 196 valence electrons. The molecule has 0 saturated carbocycles. The van der Waals surface area contributed by atoms with Crippen molar-refractivity contribution in [3.05, 3.63) is 29.3 Å². The number of hydrogen-bond acceptors (Lipinski definition) is 7. The number of benzene rings is 1. The highest BCUT2D eigenvalue weighted by atomic mass is 16.5. The first-order valence-electron chi connectivity index (χ1n) is 13.2. The van der Waals surface area contributed by atoms with Gasteiger partial charge in [-0.2, -0.15) is 0 Å². The van der Waals surface area contributed by atoms with Crippen molar-refractivity contribution in [3.8, 4) is 0 Å². The summed E-state index contributed by atoms with van der Waals surface area (Å²) in [5.41, 5.74) is 1.86. The number of hydrogen-bond donors (Lipinski definition) is 2. The molecule has 0 aromatic heterocycles. The lowest BCUT2D eigenvalue weighted by Gasteiger charge is -2.29. The molecule has 3 heterocycles. The van der Waals surface area contributed by atoms with Crippen LogP contribution < -0.4 is 10.6 Å². The number of anilines is 1. The summed E-state index contributed by atoms with van der Waals surface area (Å²) in [6.07, 6.45) is 7.91. The van der Waals surface area contributed by atoms with Gasteiger partial charge in [0, 0.05) is 50.0 Å². The second-order valence-electron chi connectivity index (χ2n) is 10.2. The Labute approximate surface area is 212 Å². The third-order valence-electron chi connectivity index (χ3n) is 7.74. The van der Waals surface area contributed by atoms with Gasteiger partial charge in [-0.25, -0.2) is 0 Å². The summed E-state index contributed by atoms with van der Waals surface area (Å²) in [6, 6.07) is 5.14. The first-order chi connectivity index (χ1) is 17.5. The fourth-order valence-electron chi connectivity index (χ4n) is 5.78. The van der Waals surface area contributed by atoms with Crippen molar-refractivity contribution < 1.29 is 23.9 Å². The standard InChI is InChI=1S/C27H38N4O5/c1-19-22(27(35)31(18-32)24-10-11-25(33)29-26(24)34)8-2-9-23(19)28-12-5-15-36-14-4-6-20-16-21-7-3-13-30(21)17-20/h2,8-9,18,20-21,24,28H,3-7,10-17H2,1H3,(H,29,33,34). The molecule has 1 aromatic carbocycles. The minimum absolute atomic E-state index is 0.0936. The zero-order valence-electron chi connectivity index (χ0n) is 21.2. The quantitative estimate of drug-likeness (QED) is 0.259. The van der Waals surface area contributed by atoms with Gasteiger partial charge in [-0.05, 0) is 82.0 Å². The molecule has 36 heavy (non-hydrogen) atoms. The van der Waals surface area contributed by atoms with Crippen LogP contribution in [-0.2, 0) is 19.1 Å². The van der Waals surface area contributed by atoms with Gasteiger partial charge in [0.1, 0.15) is 6.04 Å². The predicted octanol–water partition coefficient (Wildman–Crippen LogP) is 2.48. The zero-order valence-corrected chi connectivity index (χ0v) is 21.2. The molecule has 0 bridgehead atoms. The van der Waals surface area contributed by atoms with E-state index >= 15 is 0 Å². The number of carbonyl (C=O) groups is 4. The lowest BCUT2D eigenvalue weighted by atomic mass is 9.98. The van der Waals surface area contributed by atoms with Crippen LogP contribution >= 0.6 is 0 Å². The summed E-state index contributed by atoms with van der Waals surface area (Å²) < 4.78 is 5.83. The van der Waals surface area contributed by atoms with E-state index in [0.717, 1.165) is 42.0 Å². The van der Waals surface area contributed by atoms with Crippen LogP contribution in [0, 0.1) is 12.8 Å². The molecule has 0 aliphatic carbocycles. The summed E-state index contributed by atoms with van der Waals surface area (Å²) in [6.45, 7) is 6.55. The van der Waals surface area contributed by atoms with Crippen molar-refractivity contribution in [1.29, 1.82) is 0 Å². The second kappa shape index (κ2) is 12.5. The Kier molecular flexibility index (Phi) is 9.09. The number of nitrogens with zero attached hydrogens (tertiary/aromatic N) is 2. The molecule has 4 amide bonds. The number of nitrogens with one attached hydrogen (secondary N) is 2. The molecule has 4 rings (SSSR count). The van der Waals surface area contributed by atoms with Crippen LogP contribution in [-0.4, -0.2) is 78.9 Å². The Morgan fingerprint density at radius 2 is 2.08 bits per heavy atom. The van der Waals surface area contributed by atoms with Gasteiger partial charge in [-0.3, -0.25) is 29.4 Å². The topological polar surface area (TPSA) is 108 Å². The fourth-order valence-corrected chi connectivity index (χ4v) is 5.78. The lowest BCUT2D eigenvalue weighted by Crippen LogP contribution is -2.53. The van der Waals surface area contributed by atoms with Crippen LogP contribution in [0.3, 0.4) is 0 Å². The van der Waals surface area contributed by atoms with Crippen molar-refractivity contribution in [2.45, 2.75) is 70.4 Å². The van der Waals surface area contributed by atoms with Gasteiger partial charge in [-0.1, -0.05) is 6.07 Å². The highest BCUT2D eigenvalue weighted by molar-refractivity contribution is 6.08. The lowest BCUT2D eigenvalue weighted by molar-refractivity contribution is -0.139. The first-order valence-corrected chi connectivity index (χ1v) is 13.2. The van der Waals surface area contributed by atoms with E-state index in [0.29, 0.717) is 30.7 Å². The van der Waals surface area contributed by atoms with Crippen molar-refractivity contribution in [3.63, 3.8) is 0 Å². The number of fused-ring (bicyclic) bond motifs is 1. The molecular formula is C27H38N4O5. The smallest absolute Gasteiger partial charge is 0.261 e. The number of carbonyl (C=O) groups excluding carboxylic acids is 4. The second-order valence-corrected chi connectivity index (χ2v) is 10.2. The molecule has 3 unspecified atom stereocenters. The molecule has 3 saturated heterocycles. The molecular weight excluding hydrogens is 460 g/mol. The highest BCUT2D eigenvalue weighted by Gasteiger charge is 2.36. The predicted molar refractivity (Wildman–Crippen MR) is 135 cm³/mol. The SMILES string of the molecule is Cc1c(NCCCOCCCC2CC3CCCN3C2)cccc1C(=O)N(C=O)C1CCC(=O)NC1=O. The molecule has 3 atom stereocenters. The minimum Gasteiger partial charge on any atom is -0.385 e. The Balaban J connectivity index is 1.17. The van der Waals surface area contributed by atoms with Gasteiger partial charge < -0.3 is 15.0 Å². The van der Waals surface area contributed by atoms with Crippen molar-refractivity contribution in [2.24, 2.45) is 5.92 Å². The highest BCUT2D eigenvalue weighted by Crippen LogP contribution is 2.33. The third kappa shape index (κ3) is 6.31. The van der Waals surface area contributed by atoms with Crippen molar-refractivity contribution in [1.82, 2.24) is 15.1 Å². The van der Waals surface area contributed by atoms with Gasteiger partial charge in [0.2, 0.25) is 18.2 Å². The van der Waals surface area contributed by atoms with E-state index in [1.165, 1.54) is 38.8 Å². The minimum atomic E-state index is -0.980. The van der Waals surface area contributed by atoms with E-state index in [1.54, 1.807) is 12.1 Å². The Hall–Kier alpha value is -2.78. The zero-order chi connectivity index (χ0) is 25.5. The van der Waals surface area contributed by atoms with Gasteiger partial charge in [-0.15, -0.1) is 0 Å². The van der Waals surface area contributed by atoms with Gasteiger partial charge in [0.05, 0.1) is 0 Å². The Morgan fingerprint density at radius 3 is 2.86 bits per heavy atom. The van der Waals surface area contributed by atoms with Gasteiger partial charge in [0.25, 0.3) is 5.91 Å². The largest absolute Gasteiger partial charge is 0.385 e. The molecule has 9 heteroatoms. The fraction of sp³-hybridized carbons (Fsp3) is 0.630.